The van der Waals surface area contributed by atoms with E-state index in [4.69, 9.17) is 4.74 Å². The Morgan fingerprint density at radius 2 is 1.59 bits per heavy atom. The van der Waals surface area contributed by atoms with Gasteiger partial charge in [-0.3, -0.25) is 9.59 Å². The summed E-state index contributed by atoms with van der Waals surface area (Å²) in [7, 11) is 0. The monoisotopic (exact) mass is 509 g/mol. The van der Waals surface area contributed by atoms with E-state index in [1.54, 1.807) is 0 Å². The maximum atomic E-state index is 12.8. The second kappa shape index (κ2) is 8.33. The number of fused-ring (bicyclic) bond motifs is 7. The van der Waals surface area contributed by atoms with Crippen molar-refractivity contribution in [3.05, 3.63) is 12.2 Å². The average Bonchev–Trinajstić information content (AvgIpc) is 3.22. The van der Waals surface area contributed by atoms with Crippen LogP contribution in [-0.4, -0.2) is 23.1 Å². The van der Waals surface area contributed by atoms with Crippen LogP contribution in [0.4, 0.5) is 0 Å². The molecule has 0 aromatic carbocycles. The molecule has 5 aliphatic rings. The standard InChI is InChI=1S/C32H47NO4/c1-19(18-33)21-10-15-32(27(35)36)17-16-30(6)22(26(21)32)8-9-24-29(5)13-12-25(37-20(2)34)28(3,4)23(29)11-14-31(24,30)7/h21-26H,1,8-17H2,2-7H3,(H,35,36)/t21?,22?,23?,24?,25?,26?,29?,30?,31?,32-/m0/s1. The third-order valence-corrected chi connectivity index (χ3v) is 13.7. The van der Waals surface area contributed by atoms with Crippen molar-refractivity contribution in [3.63, 3.8) is 0 Å². The van der Waals surface area contributed by atoms with Crippen molar-refractivity contribution >= 4 is 11.9 Å². The molecule has 10 atom stereocenters. The number of allylic oxidation sites excluding steroid dienone is 1. The molecule has 0 saturated heterocycles. The summed E-state index contributed by atoms with van der Waals surface area (Å²) in [6, 6.07) is 2.32. The fourth-order valence-corrected chi connectivity index (χ4v) is 11.8. The van der Waals surface area contributed by atoms with Gasteiger partial charge in [0.15, 0.2) is 0 Å². The van der Waals surface area contributed by atoms with Crippen molar-refractivity contribution in [2.45, 2.75) is 112 Å². The largest absolute Gasteiger partial charge is 0.481 e. The fourth-order valence-electron chi connectivity index (χ4n) is 11.8. The summed E-state index contributed by atoms with van der Waals surface area (Å²) in [5, 5.41) is 20.3. The van der Waals surface area contributed by atoms with E-state index in [1.807, 2.05) is 0 Å². The number of carbonyl (C=O) groups excluding carboxylic acids is 1. The van der Waals surface area contributed by atoms with Crippen molar-refractivity contribution < 1.29 is 19.4 Å². The molecule has 5 heteroatoms. The fraction of sp³-hybridized carbons (Fsp3) is 0.844. The Morgan fingerprint density at radius 1 is 0.892 bits per heavy atom. The predicted octanol–water partition coefficient (Wildman–Crippen LogP) is 7.16. The van der Waals surface area contributed by atoms with Gasteiger partial charge in [0.25, 0.3) is 0 Å². The van der Waals surface area contributed by atoms with Gasteiger partial charge in [-0.1, -0.05) is 41.2 Å². The van der Waals surface area contributed by atoms with Gasteiger partial charge in [-0.25, -0.2) is 0 Å². The van der Waals surface area contributed by atoms with Crippen LogP contribution in [0.3, 0.4) is 0 Å². The highest BCUT2D eigenvalue weighted by molar-refractivity contribution is 5.76. The lowest BCUT2D eigenvalue weighted by molar-refractivity contribution is -0.250. The van der Waals surface area contributed by atoms with Gasteiger partial charge < -0.3 is 9.84 Å². The highest BCUT2D eigenvalue weighted by Gasteiger charge is 2.72. The molecular formula is C32H47NO4. The van der Waals surface area contributed by atoms with Gasteiger partial charge in [0.2, 0.25) is 0 Å². The van der Waals surface area contributed by atoms with Crippen molar-refractivity contribution in [1.82, 2.24) is 0 Å². The number of nitriles is 1. The first kappa shape index (κ1) is 26.8. The maximum Gasteiger partial charge on any atom is 0.309 e. The van der Waals surface area contributed by atoms with Gasteiger partial charge in [-0.2, -0.15) is 5.26 Å². The number of hydrogen-bond donors (Lipinski definition) is 1. The number of hydrogen-bond acceptors (Lipinski definition) is 4. The Bertz CT molecular complexity index is 1060. The van der Waals surface area contributed by atoms with Crippen LogP contribution < -0.4 is 0 Å². The number of ether oxygens (including phenoxy) is 1. The molecule has 5 fully saturated rings. The first-order valence-corrected chi connectivity index (χ1v) is 14.7. The molecule has 0 radical (unpaired) electrons. The van der Waals surface area contributed by atoms with E-state index in [0.29, 0.717) is 29.7 Å². The zero-order valence-corrected chi connectivity index (χ0v) is 23.9. The third-order valence-electron chi connectivity index (χ3n) is 13.7. The molecule has 1 N–H and O–H groups in total. The molecule has 0 heterocycles. The molecular weight excluding hydrogens is 462 g/mol. The zero-order chi connectivity index (χ0) is 27.2. The minimum absolute atomic E-state index is 0.00379. The van der Waals surface area contributed by atoms with Crippen molar-refractivity contribution in [1.29, 1.82) is 5.26 Å². The quantitative estimate of drug-likeness (QED) is 0.322. The van der Waals surface area contributed by atoms with E-state index in [9.17, 15) is 20.0 Å². The van der Waals surface area contributed by atoms with E-state index >= 15 is 0 Å². The number of aliphatic carboxylic acids is 1. The lowest BCUT2D eigenvalue weighted by Crippen LogP contribution is -2.67. The summed E-state index contributed by atoms with van der Waals surface area (Å²) in [6.07, 6.45) is 9.53. The van der Waals surface area contributed by atoms with Crippen molar-refractivity contribution in [3.8, 4) is 6.07 Å². The molecule has 0 aromatic heterocycles. The molecule has 5 rings (SSSR count). The predicted molar refractivity (Wildman–Crippen MR) is 142 cm³/mol. The second-order valence-electron chi connectivity index (χ2n) is 14.9. The highest BCUT2D eigenvalue weighted by Crippen LogP contribution is 2.77. The van der Waals surface area contributed by atoms with Gasteiger partial charge in [0, 0.05) is 17.9 Å². The van der Waals surface area contributed by atoms with Crippen LogP contribution in [0.15, 0.2) is 12.2 Å². The van der Waals surface area contributed by atoms with E-state index in [1.165, 1.54) is 6.92 Å². The molecule has 0 amide bonds. The van der Waals surface area contributed by atoms with Gasteiger partial charge in [-0.05, 0) is 110 Å². The smallest absolute Gasteiger partial charge is 0.309 e. The molecule has 37 heavy (non-hydrogen) atoms. The van der Waals surface area contributed by atoms with E-state index in [-0.39, 0.29) is 45.6 Å². The van der Waals surface area contributed by atoms with Crippen molar-refractivity contribution in [2.24, 2.45) is 56.7 Å². The van der Waals surface area contributed by atoms with Gasteiger partial charge in [0.1, 0.15) is 6.10 Å². The summed E-state index contributed by atoms with van der Waals surface area (Å²) in [5.74, 6) is 0.545. The Balaban J connectivity index is 1.53. The molecule has 0 spiro atoms. The molecule has 5 aliphatic carbocycles. The zero-order valence-electron chi connectivity index (χ0n) is 23.9. The first-order valence-electron chi connectivity index (χ1n) is 14.7. The Kier molecular flexibility index (Phi) is 6.03. The van der Waals surface area contributed by atoms with Crippen LogP contribution in [0.5, 0.6) is 0 Å². The Hall–Kier alpha value is -1.83. The van der Waals surface area contributed by atoms with E-state index in [2.05, 4.69) is 47.3 Å². The molecule has 9 unspecified atom stereocenters. The SMILES string of the molecule is C=C(C#N)C1CC[C@]2(C(=O)O)CCC3(C)C(CCC4C5(C)CCC(OC(C)=O)C(C)(C)C5CCC43C)C12. The number of esters is 1. The van der Waals surface area contributed by atoms with Crippen LogP contribution in [0.1, 0.15) is 106 Å². The molecule has 0 bridgehead atoms. The Labute approximate surface area is 223 Å². The maximum absolute atomic E-state index is 12.8. The number of rotatable bonds is 3. The minimum Gasteiger partial charge on any atom is -0.481 e. The van der Waals surface area contributed by atoms with Crippen LogP contribution in [0.2, 0.25) is 0 Å². The van der Waals surface area contributed by atoms with Gasteiger partial charge in [0.05, 0.1) is 11.5 Å². The number of carboxylic acids is 1. The summed E-state index contributed by atoms with van der Waals surface area (Å²) < 4.78 is 5.86. The number of carboxylic acid groups (broad SMARTS) is 1. The average molecular weight is 510 g/mol. The summed E-state index contributed by atoms with van der Waals surface area (Å²) in [4.78, 5) is 24.7. The minimum atomic E-state index is -0.705. The van der Waals surface area contributed by atoms with E-state index < -0.39 is 11.4 Å². The van der Waals surface area contributed by atoms with Gasteiger partial charge in [-0.15, -0.1) is 0 Å². The van der Waals surface area contributed by atoms with E-state index in [0.717, 1.165) is 57.8 Å². The number of carbonyl (C=O) groups is 2. The third kappa shape index (κ3) is 3.32. The molecule has 0 aliphatic heterocycles. The summed E-state index contributed by atoms with van der Waals surface area (Å²) >= 11 is 0. The van der Waals surface area contributed by atoms with Gasteiger partial charge >= 0.3 is 11.9 Å². The molecule has 5 nitrogen and oxygen atoms in total. The lowest BCUT2D eigenvalue weighted by Gasteiger charge is -2.72. The normalized spacial score (nSPS) is 49.9. The lowest BCUT2D eigenvalue weighted by atomic mass is 9.32. The summed E-state index contributed by atoms with van der Waals surface area (Å²) in [5.41, 5.74) is 0.159. The second-order valence-corrected chi connectivity index (χ2v) is 14.9. The molecule has 0 aromatic rings. The van der Waals surface area contributed by atoms with Crippen LogP contribution in [0, 0.1) is 68.0 Å². The molecule has 5 saturated carbocycles. The first-order chi connectivity index (χ1) is 17.2. The number of nitrogens with zero attached hydrogens (tertiary/aromatic N) is 1. The van der Waals surface area contributed by atoms with Crippen LogP contribution in [0.25, 0.3) is 0 Å². The topological polar surface area (TPSA) is 87.4 Å². The molecule has 204 valence electrons. The highest BCUT2D eigenvalue weighted by atomic mass is 16.5. The van der Waals surface area contributed by atoms with Crippen molar-refractivity contribution in [2.75, 3.05) is 0 Å². The van der Waals surface area contributed by atoms with Crippen LogP contribution >= 0.6 is 0 Å². The Morgan fingerprint density at radius 3 is 2.22 bits per heavy atom. The van der Waals surface area contributed by atoms with Crippen LogP contribution in [-0.2, 0) is 14.3 Å². The summed E-state index contributed by atoms with van der Waals surface area (Å²) in [6.45, 7) is 17.8.